The number of ether oxygens (including phenoxy) is 1. The molecule has 0 spiro atoms. The first-order valence-corrected chi connectivity index (χ1v) is 8.90. The monoisotopic (exact) mass is 349 g/mol. The fourth-order valence-electron chi connectivity index (χ4n) is 2.57. The van der Waals surface area contributed by atoms with E-state index in [1.54, 1.807) is 0 Å². The van der Waals surface area contributed by atoms with Crippen LogP contribution in [0, 0.1) is 5.92 Å². The van der Waals surface area contributed by atoms with Gasteiger partial charge in [0.1, 0.15) is 6.17 Å². The molecule has 1 amide bonds. The maximum Gasteiger partial charge on any atom is 0.407 e. The van der Waals surface area contributed by atoms with Gasteiger partial charge >= 0.3 is 6.09 Å². The fraction of sp³-hybridized carbons (Fsp3) is 0.579. The minimum Gasteiger partial charge on any atom is -0.453 e. The van der Waals surface area contributed by atoms with Crippen LogP contribution in [0.15, 0.2) is 30.3 Å². The van der Waals surface area contributed by atoms with Crippen LogP contribution in [-0.4, -0.2) is 37.7 Å². The zero-order valence-electron chi connectivity index (χ0n) is 15.5. The number of Topliss-reactive ketones (excluding diaryl/α,β-unsaturated/α-hetero) is 1. The number of nitrogens with one attached hydrogen (secondary N) is 2. The Balaban J connectivity index is 2.38. The SMILES string of the molecule is CCC(C)C(NC(=O)OC)C(=O)C(N)NCCCCc1ccccc1. The zero-order valence-corrected chi connectivity index (χ0v) is 15.5. The van der Waals surface area contributed by atoms with E-state index in [2.05, 4.69) is 27.5 Å². The number of unbranched alkanes of at least 4 members (excludes halogenated alkanes) is 1. The Morgan fingerprint density at radius 2 is 1.88 bits per heavy atom. The van der Waals surface area contributed by atoms with Gasteiger partial charge in [-0.25, -0.2) is 4.79 Å². The van der Waals surface area contributed by atoms with E-state index in [0.29, 0.717) is 6.54 Å². The summed E-state index contributed by atoms with van der Waals surface area (Å²) in [7, 11) is 1.28. The topological polar surface area (TPSA) is 93.5 Å². The smallest absolute Gasteiger partial charge is 0.407 e. The number of amides is 1. The van der Waals surface area contributed by atoms with Crippen molar-refractivity contribution in [3.63, 3.8) is 0 Å². The predicted molar refractivity (Wildman–Crippen MR) is 99.1 cm³/mol. The maximum absolute atomic E-state index is 12.5. The first-order chi connectivity index (χ1) is 12.0. The molecule has 3 unspecified atom stereocenters. The van der Waals surface area contributed by atoms with Crippen molar-refractivity contribution in [2.24, 2.45) is 11.7 Å². The van der Waals surface area contributed by atoms with Crippen molar-refractivity contribution in [2.75, 3.05) is 13.7 Å². The molecule has 0 saturated carbocycles. The summed E-state index contributed by atoms with van der Waals surface area (Å²) in [6, 6.07) is 9.64. The van der Waals surface area contributed by atoms with Gasteiger partial charge < -0.3 is 15.8 Å². The molecule has 0 heterocycles. The lowest BCUT2D eigenvalue weighted by molar-refractivity contribution is -0.124. The molecular formula is C19H31N3O3. The molecule has 3 atom stereocenters. The molecule has 0 bridgehead atoms. The number of carbonyl (C=O) groups excluding carboxylic acids is 2. The first-order valence-electron chi connectivity index (χ1n) is 8.90. The van der Waals surface area contributed by atoms with Crippen LogP contribution in [0.3, 0.4) is 0 Å². The molecule has 0 aliphatic carbocycles. The lowest BCUT2D eigenvalue weighted by Gasteiger charge is -2.25. The molecule has 1 aromatic rings. The molecule has 0 saturated heterocycles. The second-order valence-electron chi connectivity index (χ2n) is 6.28. The first kappa shape index (κ1) is 21.1. The molecule has 140 valence electrons. The summed E-state index contributed by atoms with van der Waals surface area (Å²) < 4.78 is 4.60. The summed E-state index contributed by atoms with van der Waals surface area (Å²) in [6.45, 7) is 4.53. The molecule has 4 N–H and O–H groups in total. The Kier molecular flexibility index (Phi) is 9.80. The van der Waals surface area contributed by atoms with Crippen molar-refractivity contribution in [2.45, 2.75) is 51.7 Å². The van der Waals surface area contributed by atoms with Crippen molar-refractivity contribution >= 4 is 11.9 Å². The molecular weight excluding hydrogens is 318 g/mol. The molecule has 6 heteroatoms. The van der Waals surface area contributed by atoms with E-state index >= 15 is 0 Å². The quantitative estimate of drug-likeness (QED) is 0.421. The number of hydrogen-bond acceptors (Lipinski definition) is 5. The van der Waals surface area contributed by atoms with Gasteiger partial charge in [0.05, 0.1) is 13.2 Å². The van der Waals surface area contributed by atoms with Gasteiger partial charge in [-0.15, -0.1) is 0 Å². The standard InChI is InChI=1S/C19H31N3O3/c1-4-14(2)16(22-19(24)25-3)17(23)18(20)21-13-9-8-12-15-10-6-5-7-11-15/h5-7,10-11,14,16,18,21H,4,8-9,12-13,20H2,1-3H3,(H,22,24). The number of carbonyl (C=O) groups is 2. The second-order valence-corrected chi connectivity index (χ2v) is 6.28. The lowest BCUT2D eigenvalue weighted by Crippen LogP contribution is -2.56. The molecule has 0 radical (unpaired) electrons. The van der Waals surface area contributed by atoms with E-state index in [1.165, 1.54) is 12.7 Å². The lowest BCUT2D eigenvalue weighted by atomic mass is 9.94. The summed E-state index contributed by atoms with van der Waals surface area (Å²) in [5, 5.41) is 5.65. The Labute approximate surface area is 150 Å². The number of methoxy groups -OCH3 is 1. The van der Waals surface area contributed by atoms with E-state index in [-0.39, 0.29) is 11.7 Å². The van der Waals surface area contributed by atoms with Crippen molar-refractivity contribution in [1.82, 2.24) is 10.6 Å². The van der Waals surface area contributed by atoms with Crippen LogP contribution < -0.4 is 16.4 Å². The molecule has 0 aliphatic rings. The van der Waals surface area contributed by atoms with Gasteiger partial charge in [-0.2, -0.15) is 0 Å². The Hall–Kier alpha value is -1.92. The van der Waals surface area contributed by atoms with Crippen molar-refractivity contribution < 1.29 is 14.3 Å². The van der Waals surface area contributed by atoms with Crippen LogP contribution in [0.1, 0.15) is 38.7 Å². The van der Waals surface area contributed by atoms with Crippen molar-refractivity contribution in [3.05, 3.63) is 35.9 Å². The normalized spacial score (nSPS) is 14.4. The number of rotatable bonds is 11. The van der Waals surface area contributed by atoms with Gasteiger partial charge in [-0.3, -0.25) is 10.1 Å². The van der Waals surface area contributed by atoms with Crippen LogP contribution in [0.5, 0.6) is 0 Å². The van der Waals surface area contributed by atoms with E-state index in [1.807, 2.05) is 32.0 Å². The number of hydrogen-bond donors (Lipinski definition) is 3. The Bertz CT molecular complexity index is 522. The summed E-state index contributed by atoms with van der Waals surface area (Å²) in [5.74, 6) is -0.236. The molecule has 1 rings (SSSR count). The highest BCUT2D eigenvalue weighted by Gasteiger charge is 2.29. The Morgan fingerprint density at radius 1 is 1.20 bits per heavy atom. The highest BCUT2D eigenvalue weighted by molar-refractivity contribution is 5.91. The van der Waals surface area contributed by atoms with Gasteiger partial charge in [0.2, 0.25) is 0 Å². The molecule has 0 fully saturated rings. The molecule has 6 nitrogen and oxygen atoms in total. The molecule has 0 aromatic heterocycles. The Morgan fingerprint density at radius 3 is 2.48 bits per heavy atom. The predicted octanol–water partition coefficient (Wildman–Crippen LogP) is 2.22. The van der Waals surface area contributed by atoms with Gasteiger partial charge in [-0.05, 0) is 37.3 Å². The van der Waals surface area contributed by atoms with Crippen LogP contribution >= 0.6 is 0 Å². The number of alkyl carbamates (subject to hydrolysis) is 1. The summed E-state index contributed by atoms with van der Waals surface area (Å²) in [5.41, 5.74) is 7.28. The van der Waals surface area contributed by atoms with Crippen LogP contribution in [0.2, 0.25) is 0 Å². The highest BCUT2D eigenvalue weighted by Crippen LogP contribution is 2.10. The second kappa shape index (κ2) is 11.6. The van der Waals surface area contributed by atoms with E-state index in [9.17, 15) is 9.59 Å². The van der Waals surface area contributed by atoms with Gasteiger partial charge in [0.25, 0.3) is 0 Å². The summed E-state index contributed by atoms with van der Waals surface area (Å²) in [6.07, 6.45) is 2.29. The fourth-order valence-corrected chi connectivity index (χ4v) is 2.57. The van der Waals surface area contributed by atoms with Crippen LogP contribution in [0.4, 0.5) is 4.79 Å². The number of nitrogens with two attached hydrogens (primary N) is 1. The van der Waals surface area contributed by atoms with E-state index in [0.717, 1.165) is 25.7 Å². The molecule has 1 aromatic carbocycles. The summed E-state index contributed by atoms with van der Waals surface area (Å²) >= 11 is 0. The zero-order chi connectivity index (χ0) is 18.7. The van der Waals surface area contributed by atoms with Crippen LogP contribution in [0.25, 0.3) is 0 Å². The van der Waals surface area contributed by atoms with Gasteiger partial charge in [0, 0.05) is 0 Å². The van der Waals surface area contributed by atoms with Gasteiger partial charge in [0.15, 0.2) is 5.78 Å². The third kappa shape index (κ3) is 7.67. The largest absolute Gasteiger partial charge is 0.453 e. The third-order valence-electron chi connectivity index (χ3n) is 4.38. The van der Waals surface area contributed by atoms with Gasteiger partial charge in [-0.1, -0.05) is 50.6 Å². The molecule has 0 aliphatic heterocycles. The third-order valence-corrected chi connectivity index (χ3v) is 4.38. The van der Waals surface area contributed by atoms with Crippen molar-refractivity contribution in [1.29, 1.82) is 0 Å². The highest BCUT2D eigenvalue weighted by atomic mass is 16.5. The number of benzene rings is 1. The van der Waals surface area contributed by atoms with E-state index in [4.69, 9.17) is 5.73 Å². The average Bonchev–Trinajstić information content (AvgIpc) is 2.65. The minimum absolute atomic E-state index is 0.0162. The average molecular weight is 349 g/mol. The van der Waals surface area contributed by atoms with Crippen molar-refractivity contribution in [3.8, 4) is 0 Å². The maximum atomic E-state index is 12.5. The summed E-state index contributed by atoms with van der Waals surface area (Å²) in [4.78, 5) is 24.0. The molecule has 25 heavy (non-hydrogen) atoms. The number of ketones is 1. The van der Waals surface area contributed by atoms with Crippen LogP contribution in [-0.2, 0) is 16.0 Å². The minimum atomic E-state index is -0.798. The van der Waals surface area contributed by atoms with E-state index < -0.39 is 18.3 Å². The number of aryl methyl sites for hydroxylation is 1.